The molecule has 1 rings (SSSR count). The molecule has 0 heterocycles. The molecule has 0 bridgehead atoms. The Kier molecular flexibility index (Phi) is 13.3. The zero-order valence-electron chi connectivity index (χ0n) is 23.3. The zero-order valence-corrected chi connectivity index (χ0v) is 24.2. The molecule has 4 heteroatoms. The molecule has 0 saturated carbocycles. The molecule has 1 aromatic rings. The van der Waals surface area contributed by atoms with E-state index in [0.29, 0.717) is 11.5 Å². The van der Waals surface area contributed by atoms with Crippen LogP contribution >= 0.6 is 10.3 Å². The van der Waals surface area contributed by atoms with Crippen LogP contribution in [0.2, 0.25) is 0 Å². The van der Waals surface area contributed by atoms with Gasteiger partial charge in [-0.15, -0.1) is 10.3 Å². The molecule has 34 heavy (non-hydrogen) atoms. The predicted molar refractivity (Wildman–Crippen MR) is 152 cm³/mol. The summed E-state index contributed by atoms with van der Waals surface area (Å²) >= 11 is 0. The Morgan fingerprint density at radius 1 is 0.735 bits per heavy atom. The molecule has 0 aromatic heterocycles. The molecule has 0 aliphatic heterocycles. The van der Waals surface area contributed by atoms with E-state index in [1.165, 1.54) is 68.9 Å². The summed E-state index contributed by atoms with van der Waals surface area (Å²) in [7, 11) is -2.23. The lowest BCUT2D eigenvalue weighted by molar-refractivity contribution is -0.134. The highest BCUT2D eigenvalue weighted by molar-refractivity contribution is 8.28. The molecule has 0 aliphatic rings. The summed E-state index contributed by atoms with van der Waals surface area (Å²) in [5, 5.41) is 9.53. The molecule has 0 fully saturated rings. The first-order valence-corrected chi connectivity index (χ1v) is 15.7. The lowest BCUT2D eigenvalue weighted by atomic mass is 9.80. The minimum Gasteiger partial charge on any atom is -0.481 e. The number of aliphatic carboxylic acids is 1. The maximum atomic E-state index is 11.6. The van der Waals surface area contributed by atoms with Crippen LogP contribution in [0.5, 0.6) is 0 Å². The van der Waals surface area contributed by atoms with Crippen molar-refractivity contribution in [1.82, 2.24) is 0 Å². The Morgan fingerprint density at radius 2 is 1.15 bits per heavy atom. The first-order valence-electron chi connectivity index (χ1n) is 13.6. The van der Waals surface area contributed by atoms with Crippen molar-refractivity contribution < 1.29 is 14.5 Å². The Bertz CT molecular complexity index is 697. The predicted octanol–water partition coefficient (Wildman–Crippen LogP) is 9.45. The van der Waals surface area contributed by atoms with Crippen LogP contribution in [0.25, 0.3) is 0 Å². The molecule has 0 aliphatic carbocycles. The van der Waals surface area contributed by atoms with Crippen LogP contribution in [-0.4, -0.2) is 27.1 Å². The minimum absolute atomic E-state index is 0.00621. The van der Waals surface area contributed by atoms with E-state index >= 15 is 0 Å². The molecule has 198 valence electrons. The van der Waals surface area contributed by atoms with Gasteiger partial charge in [0.05, 0.1) is 5.75 Å². The van der Waals surface area contributed by atoms with E-state index in [0.717, 1.165) is 18.4 Å². The Hall–Kier alpha value is -1.00. The fraction of sp³-hybridized carbons (Fsp3) is 0.767. The van der Waals surface area contributed by atoms with Crippen molar-refractivity contribution in [2.75, 3.05) is 11.5 Å². The normalized spacial score (nSPS) is 15.2. The van der Waals surface area contributed by atoms with Gasteiger partial charge >= 0.3 is 5.97 Å². The summed E-state index contributed by atoms with van der Waals surface area (Å²) in [6.45, 7) is 15.5. The van der Waals surface area contributed by atoms with Gasteiger partial charge in [-0.2, -0.15) is 0 Å². The SMILES string of the molecule is CCCCCCCCCCCCCS(O)(CC(=O)O)Cc1cc(C(C)(C)C)cc(C(C)(C)C)c1. The summed E-state index contributed by atoms with van der Waals surface area (Å²) in [6.07, 6.45) is 13.8. The molecule has 1 unspecified atom stereocenters. The van der Waals surface area contributed by atoms with Gasteiger partial charge in [0.25, 0.3) is 0 Å². The quantitative estimate of drug-likeness (QED) is 0.225. The highest BCUT2D eigenvalue weighted by Crippen LogP contribution is 2.48. The minimum atomic E-state index is -2.23. The van der Waals surface area contributed by atoms with Crippen LogP contribution in [0.4, 0.5) is 0 Å². The van der Waals surface area contributed by atoms with Crippen LogP contribution in [0, 0.1) is 0 Å². The van der Waals surface area contributed by atoms with Gasteiger partial charge in [-0.25, -0.2) is 0 Å². The summed E-state index contributed by atoms with van der Waals surface area (Å²) < 4.78 is 11.5. The van der Waals surface area contributed by atoms with Crippen LogP contribution in [0.3, 0.4) is 0 Å². The third kappa shape index (κ3) is 12.6. The van der Waals surface area contributed by atoms with Crippen molar-refractivity contribution in [2.45, 2.75) is 136 Å². The van der Waals surface area contributed by atoms with Gasteiger partial charge in [-0.3, -0.25) is 4.79 Å². The smallest absolute Gasteiger partial charge is 0.314 e. The standard InChI is InChI=1S/C30H54O3S/c1-8-9-10-11-12-13-14-15-16-17-18-19-34(33,24-28(31)32)23-25-20-26(29(2,3)4)22-27(21-25)30(5,6)7/h20-22,33H,8-19,23-24H2,1-7H3,(H,31,32). The fourth-order valence-electron chi connectivity index (χ4n) is 4.41. The third-order valence-corrected chi connectivity index (χ3v) is 9.38. The summed E-state index contributed by atoms with van der Waals surface area (Å²) in [5.41, 5.74) is 3.60. The molecule has 0 saturated heterocycles. The maximum Gasteiger partial charge on any atom is 0.314 e. The van der Waals surface area contributed by atoms with Gasteiger partial charge in [0.15, 0.2) is 0 Å². The molecule has 3 nitrogen and oxygen atoms in total. The van der Waals surface area contributed by atoms with Gasteiger partial charge in [0.2, 0.25) is 0 Å². The average molecular weight is 495 g/mol. The number of rotatable bonds is 16. The fourth-order valence-corrected chi connectivity index (χ4v) is 6.79. The van der Waals surface area contributed by atoms with Crippen molar-refractivity contribution in [3.8, 4) is 0 Å². The van der Waals surface area contributed by atoms with E-state index in [2.05, 4.69) is 66.7 Å². The highest BCUT2D eigenvalue weighted by atomic mass is 32.3. The number of carboxylic acid groups (broad SMARTS) is 1. The number of hydrogen-bond acceptors (Lipinski definition) is 2. The lowest BCUT2D eigenvalue weighted by Crippen LogP contribution is -2.20. The molecule has 1 aromatic carbocycles. The van der Waals surface area contributed by atoms with Crippen molar-refractivity contribution in [2.24, 2.45) is 0 Å². The third-order valence-electron chi connectivity index (χ3n) is 6.68. The van der Waals surface area contributed by atoms with Crippen molar-refractivity contribution in [1.29, 1.82) is 0 Å². The van der Waals surface area contributed by atoms with Crippen LogP contribution < -0.4 is 0 Å². The molecular weight excluding hydrogens is 440 g/mol. The average Bonchev–Trinajstić information content (AvgIpc) is 2.69. The van der Waals surface area contributed by atoms with Crippen LogP contribution in [0.1, 0.15) is 136 Å². The topological polar surface area (TPSA) is 57.5 Å². The van der Waals surface area contributed by atoms with Gasteiger partial charge in [-0.1, -0.05) is 131 Å². The Morgan fingerprint density at radius 3 is 1.53 bits per heavy atom. The molecule has 2 N–H and O–H groups in total. The molecule has 0 amide bonds. The lowest BCUT2D eigenvalue weighted by Gasteiger charge is -2.34. The maximum absolute atomic E-state index is 11.6. The van der Waals surface area contributed by atoms with Gasteiger partial charge in [-0.05, 0) is 39.7 Å². The first kappa shape index (κ1) is 31.0. The number of carboxylic acids is 1. The van der Waals surface area contributed by atoms with Gasteiger partial charge in [0.1, 0.15) is 0 Å². The number of unbranched alkanes of at least 4 members (excludes halogenated alkanes) is 10. The van der Waals surface area contributed by atoms with Crippen LogP contribution in [0.15, 0.2) is 18.2 Å². The van der Waals surface area contributed by atoms with Crippen LogP contribution in [-0.2, 0) is 21.4 Å². The summed E-state index contributed by atoms with van der Waals surface area (Å²) in [5.74, 6) is 0.101. The van der Waals surface area contributed by atoms with E-state index in [1.807, 2.05) is 0 Å². The van der Waals surface area contributed by atoms with Crippen molar-refractivity contribution >= 4 is 16.3 Å². The Labute approximate surface area is 212 Å². The van der Waals surface area contributed by atoms with E-state index in [1.54, 1.807) is 0 Å². The summed E-state index contributed by atoms with van der Waals surface area (Å²) in [4.78, 5) is 11.6. The largest absolute Gasteiger partial charge is 0.481 e. The van der Waals surface area contributed by atoms with Crippen molar-refractivity contribution in [3.63, 3.8) is 0 Å². The number of hydrogen-bond donors (Lipinski definition) is 2. The highest BCUT2D eigenvalue weighted by Gasteiger charge is 2.27. The van der Waals surface area contributed by atoms with E-state index in [4.69, 9.17) is 0 Å². The number of carbonyl (C=O) groups is 1. The van der Waals surface area contributed by atoms with Gasteiger partial charge < -0.3 is 9.66 Å². The Balaban J connectivity index is 2.70. The van der Waals surface area contributed by atoms with Gasteiger partial charge in [0, 0.05) is 5.75 Å². The zero-order chi connectivity index (χ0) is 25.8. The second-order valence-corrected chi connectivity index (χ2v) is 15.3. The van der Waals surface area contributed by atoms with Crippen molar-refractivity contribution in [3.05, 3.63) is 34.9 Å². The molecular formula is C30H54O3S. The van der Waals surface area contributed by atoms with E-state index in [9.17, 15) is 14.5 Å². The van der Waals surface area contributed by atoms with E-state index < -0.39 is 16.3 Å². The first-order chi connectivity index (χ1) is 15.8. The second kappa shape index (κ2) is 14.5. The monoisotopic (exact) mass is 494 g/mol. The number of benzene rings is 1. The molecule has 1 atom stereocenters. The summed E-state index contributed by atoms with van der Waals surface area (Å²) in [6, 6.07) is 6.66. The van der Waals surface area contributed by atoms with E-state index in [-0.39, 0.29) is 16.6 Å². The molecule has 0 radical (unpaired) electrons. The second-order valence-electron chi connectivity index (χ2n) is 12.3. The molecule has 0 spiro atoms.